The van der Waals surface area contributed by atoms with Gasteiger partial charge in [0.05, 0.1) is 71.0 Å². The van der Waals surface area contributed by atoms with Crippen molar-refractivity contribution < 1.29 is 68.1 Å². The van der Waals surface area contributed by atoms with Gasteiger partial charge in [-0.3, -0.25) is 24.4 Å². The van der Waals surface area contributed by atoms with Crippen LogP contribution >= 0.6 is 0 Å². The fourth-order valence-electron chi connectivity index (χ4n) is 11.2. The molecule has 0 radical (unpaired) electrons. The number of benzene rings is 1. The number of methoxy groups -OCH3 is 2. The number of cyclic esters (lactones) is 1. The molecule has 0 saturated carbocycles. The van der Waals surface area contributed by atoms with E-state index in [1.54, 1.807) is 60.6 Å². The lowest BCUT2D eigenvalue weighted by atomic mass is 9.74. The molecular formula is C52H85N5O15. The highest BCUT2D eigenvalue weighted by Crippen LogP contribution is 2.41. The van der Waals surface area contributed by atoms with E-state index in [0.717, 1.165) is 30.5 Å². The molecule has 3 fully saturated rings. The number of non-ortho nitro benzene ring substituents is 1. The van der Waals surface area contributed by atoms with E-state index < -0.39 is 113 Å². The summed E-state index contributed by atoms with van der Waals surface area (Å²) >= 11 is 0. The van der Waals surface area contributed by atoms with Gasteiger partial charge in [0.2, 0.25) is 0 Å². The van der Waals surface area contributed by atoms with Crippen LogP contribution in [0.25, 0.3) is 0 Å². The third kappa shape index (κ3) is 14.0. The summed E-state index contributed by atoms with van der Waals surface area (Å²) in [5.74, 6) is -4.59. The molecule has 72 heavy (non-hydrogen) atoms. The average Bonchev–Trinajstić information content (AvgIpc) is 3.81. The van der Waals surface area contributed by atoms with Crippen LogP contribution < -0.4 is 0 Å². The van der Waals surface area contributed by atoms with Gasteiger partial charge in [-0.05, 0) is 92.7 Å². The Morgan fingerprint density at radius 2 is 1.58 bits per heavy atom. The number of aliphatic hydroxyl groups is 4. The zero-order chi connectivity index (χ0) is 53.5. The van der Waals surface area contributed by atoms with Crippen LogP contribution in [0.3, 0.4) is 0 Å². The van der Waals surface area contributed by atoms with Gasteiger partial charge < -0.3 is 58.5 Å². The molecule has 4 heterocycles. The number of hydrogen-bond acceptors (Lipinski definition) is 18. The molecule has 20 nitrogen and oxygen atoms in total. The number of carbonyl (C=O) groups excluding carboxylic acids is 2. The molecule has 3 aliphatic rings. The van der Waals surface area contributed by atoms with E-state index in [0.29, 0.717) is 25.9 Å². The second-order valence-corrected chi connectivity index (χ2v) is 21.6. The van der Waals surface area contributed by atoms with Gasteiger partial charge in [0.1, 0.15) is 29.7 Å². The number of aryl methyl sites for hydroxylation is 2. The molecule has 4 N–H and O–H groups in total. The first-order chi connectivity index (χ1) is 33.8. The Morgan fingerprint density at radius 1 is 0.917 bits per heavy atom. The first kappa shape index (κ1) is 59.3. The number of hydrogen-bond donors (Lipinski definition) is 4. The number of ketones is 1. The van der Waals surface area contributed by atoms with Gasteiger partial charge in [0, 0.05) is 82.3 Å². The number of rotatable bonds is 18. The van der Waals surface area contributed by atoms with Crippen LogP contribution in [0.4, 0.5) is 5.69 Å². The molecule has 18 atom stereocenters. The van der Waals surface area contributed by atoms with Crippen molar-refractivity contribution in [1.82, 2.24) is 19.9 Å². The van der Waals surface area contributed by atoms with Gasteiger partial charge in [0.25, 0.3) is 5.69 Å². The van der Waals surface area contributed by atoms with Gasteiger partial charge in [-0.2, -0.15) is 0 Å². The van der Waals surface area contributed by atoms with Crippen LogP contribution in [-0.2, 0) is 62.1 Å². The summed E-state index contributed by atoms with van der Waals surface area (Å²) in [6.45, 7) is 18.4. The molecule has 5 rings (SSSR count). The summed E-state index contributed by atoms with van der Waals surface area (Å²) in [6.07, 6.45) is -3.61. The molecule has 0 unspecified atom stereocenters. The smallest absolute Gasteiger partial charge is 0.311 e. The number of aromatic nitrogens is 3. The summed E-state index contributed by atoms with van der Waals surface area (Å²) in [6, 6.07) is 6.19. The number of esters is 1. The average molecular weight is 1020 g/mol. The maximum atomic E-state index is 14.4. The topological polar surface area (TPSA) is 257 Å². The largest absolute Gasteiger partial charge is 0.459 e. The lowest BCUT2D eigenvalue weighted by Crippen LogP contribution is -2.61. The predicted molar refractivity (Wildman–Crippen MR) is 265 cm³/mol. The molecule has 0 spiro atoms. The van der Waals surface area contributed by atoms with E-state index in [4.69, 9.17) is 33.2 Å². The quantitative estimate of drug-likeness (QED) is 0.0688. The van der Waals surface area contributed by atoms with Crippen LogP contribution in [0, 0.1) is 33.8 Å². The van der Waals surface area contributed by atoms with E-state index in [9.17, 15) is 40.1 Å². The Morgan fingerprint density at radius 3 is 2.21 bits per heavy atom. The monoisotopic (exact) mass is 1020 g/mol. The molecule has 1 aromatic heterocycles. The van der Waals surface area contributed by atoms with Crippen molar-refractivity contribution in [1.29, 1.82) is 0 Å². The van der Waals surface area contributed by atoms with Gasteiger partial charge in [0.15, 0.2) is 6.29 Å². The van der Waals surface area contributed by atoms with Crippen molar-refractivity contribution in [3.05, 3.63) is 51.8 Å². The third-order valence-corrected chi connectivity index (χ3v) is 16.0. The predicted octanol–water partition coefficient (Wildman–Crippen LogP) is 4.62. The second kappa shape index (κ2) is 25.3. The zero-order valence-corrected chi connectivity index (χ0v) is 44.8. The van der Waals surface area contributed by atoms with E-state index in [1.807, 2.05) is 31.8 Å². The number of Topliss-reactive ketones (excluding diaryl/α,β-unsaturated/α-hetero) is 1. The molecule has 0 bridgehead atoms. The van der Waals surface area contributed by atoms with Crippen molar-refractivity contribution >= 4 is 17.4 Å². The minimum Gasteiger partial charge on any atom is -0.459 e. The summed E-state index contributed by atoms with van der Waals surface area (Å²) in [7, 11) is 4.97. The number of unbranched alkanes of at least 4 members (excludes halogenated alkanes) is 1. The lowest BCUT2D eigenvalue weighted by molar-refractivity contribution is -0.384. The van der Waals surface area contributed by atoms with Crippen LogP contribution in [0.2, 0.25) is 0 Å². The molecular weight excluding hydrogens is 935 g/mol. The number of aliphatic hydroxyl groups excluding tert-OH is 3. The van der Waals surface area contributed by atoms with Crippen molar-refractivity contribution in [2.75, 3.05) is 34.4 Å². The Kier molecular flexibility index (Phi) is 20.9. The van der Waals surface area contributed by atoms with Crippen LogP contribution in [-0.4, -0.2) is 175 Å². The fourth-order valence-corrected chi connectivity index (χ4v) is 11.2. The summed E-state index contributed by atoms with van der Waals surface area (Å²) in [5, 5.41) is 66.3. The normalized spacial score (nSPS) is 38.6. The Bertz CT molecular complexity index is 2060. The molecule has 0 amide bonds. The molecule has 20 heteroatoms. The van der Waals surface area contributed by atoms with Crippen molar-refractivity contribution in [3.63, 3.8) is 0 Å². The number of nitrogens with zero attached hydrogens (tertiary/aromatic N) is 5. The summed E-state index contributed by atoms with van der Waals surface area (Å²) < 4.78 is 46.5. The summed E-state index contributed by atoms with van der Waals surface area (Å²) in [5.41, 5.74) is -2.35. The number of nitro benzene ring substituents is 1. The number of likely N-dealkylation sites (N-methyl/N-ethyl adjacent to an activating group) is 1. The van der Waals surface area contributed by atoms with E-state index in [-0.39, 0.29) is 43.4 Å². The summed E-state index contributed by atoms with van der Waals surface area (Å²) in [4.78, 5) is 41.3. The SMILES string of the molecule is CC[C@H]1OC(=O)[C@H](C)[C@@H](OC[C@H]2C[C@@](C)(OC)[C@@H](O)[C@H](C)O2)[C@H](C)[C@@H](O[C@@H]2O[C@H](C)C[C@H](N(C)CCc3cn(CCCCc4ccc([N+](=O)[O-])cc4)nn3)[C@H]2O)[C@](C)(OC)C[C@@H](C)C(=O)[C@H](C)[C@@H](O)[C@]1(C)O. The highest BCUT2D eigenvalue weighted by atomic mass is 16.7. The van der Waals surface area contributed by atoms with Crippen LogP contribution in [0.15, 0.2) is 30.5 Å². The van der Waals surface area contributed by atoms with E-state index in [1.165, 1.54) is 33.3 Å². The van der Waals surface area contributed by atoms with Gasteiger partial charge in [-0.25, -0.2) is 0 Å². The van der Waals surface area contributed by atoms with Crippen molar-refractivity contribution in [3.8, 4) is 0 Å². The molecule has 0 aliphatic carbocycles. The minimum atomic E-state index is -1.99. The number of ether oxygens (including phenoxy) is 7. The lowest BCUT2D eigenvalue weighted by Gasteiger charge is -2.49. The maximum absolute atomic E-state index is 14.4. The third-order valence-electron chi connectivity index (χ3n) is 16.0. The van der Waals surface area contributed by atoms with Gasteiger partial charge in [-0.15, -0.1) is 5.10 Å². The molecule has 408 valence electrons. The highest BCUT2D eigenvalue weighted by molar-refractivity contribution is 5.83. The molecule has 2 aromatic rings. The van der Waals surface area contributed by atoms with Crippen molar-refractivity contribution in [2.45, 2.75) is 211 Å². The minimum absolute atomic E-state index is 0.0242. The first-order valence-electron chi connectivity index (χ1n) is 25.8. The molecule has 3 saturated heterocycles. The Labute approximate surface area is 425 Å². The highest BCUT2D eigenvalue weighted by Gasteiger charge is 2.53. The fraction of sp³-hybridized carbons (Fsp3) is 0.808. The Balaban J connectivity index is 1.38. The van der Waals surface area contributed by atoms with Gasteiger partial charge >= 0.3 is 5.97 Å². The first-order valence-corrected chi connectivity index (χ1v) is 25.8. The van der Waals surface area contributed by atoms with E-state index >= 15 is 0 Å². The second-order valence-electron chi connectivity index (χ2n) is 21.6. The van der Waals surface area contributed by atoms with E-state index in [2.05, 4.69) is 15.2 Å². The molecule has 1 aromatic carbocycles. The number of carbonyl (C=O) groups is 2. The van der Waals surface area contributed by atoms with Gasteiger partial charge in [-0.1, -0.05) is 45.0 Å². The number of nitro groups is 1. The molecule has 3 aliphatic heterocycles. The van der Waals surface area contributed by atoms with Crippen molar-refractivity contribution in [2.24, 2.45) is 23.7 Å². The van der Waals surface area contributed by atoms with Crippen LogP contribution in [0.1, 0.15) is 119 Å². The zero-order valence-electron chi connectivity index (χ0n) is 44.8. The Hall–Kier alpha value is -3.54. The maximum Gasteiger partial charge on any atom is 0.311 e. The standard InChI is InChI=1S/C52H85N5O15/c1-14-41-52(10,63)45(60)32(4)42(58)30(2)26-51(9,67-13)47(33(5)44(34(6)48(62)71-41)68-29-39-27-50(8,66-12)46(61)35(7)70-39)72-49-43(59)40(25-31(3)69-49)55(11)24-22-37-28-56(54-53-37)23-16-15-17-36-18-20-38(21-19-36)57(64)65/h18-21,28,30-35,39-41,43-47,49,59-61,63H,14-17,22-27,29H2,1-13H3/t30-,31-,32+,33+,34-,35+,39-,40+,41-,43-,44+,45-,46+,47-,49+,50-,51-,52-/m1/s1. The van der Waals surface area contributed by atoms with Crippen LogP contribution in [0.5, 0.6) is 0 Å².